The summed E-state index contributed by atoms with van der Waals surface area (Å²) in [5.74, 6) is 0.443. The van der Waals surface area contributed by atoms with Crippen molar-refractivity contribution in [1.82, 2.24) is 4.98 Å². The summed E-state index contributed by atoms with van der Waals surface area (Å²) in [5.41, 5.74) is 8.63. The van der Waals surface area contributed by atoms with Crippen LogP contribution in [0.4, 0.5) is 5.69 Å². The standard InChI is InChI=1S/C15H16N4/c1-10-8-19(9-13(10)17)15-11(6-16)7-18-14-5-3-2-4-12(14)15/h2-5,7,10,13H,8-9,17H2,1H3. The Bertz CT molecular complexity index is 649. The molecule has 1 aliphatic rings. The fraction of sp³-hybridized carbons (Fsp3) is 0.333. The number of hydrogen-bond donors (Lipinski definition) is 1. The number of hydrogen-bond acceptors (Lipinski definition) is 4. The van der Waals surface area contributed by atoms with Gasteiger partial charge < -0.3 is 10.6 Å². The molecule has 1 saturated heterocycles. The van der Waals surface area contributed by atoms with Gasteiger partial charge in [0.2, 0.25) is 0 Å². The molecular formula is C15H16N4. The molecule has 0 radical (unpaired) electrons. The van der Waals surface area contributed by atoms with Gasteiger partial charge in [0.25, 0.3) is 0 Å². The molecule has 2 unspecified atom stereocenters. The summed E-state index contributed by atoms with van der Waals surface area (Å²) in [6.45, 7) is 3.84. The molecule has 4 nitrogen and oxygen atoms in total. The Hall–Kier alpha value is -2.12. The van der Waals surface area contributed by atoms with Gasteiger partial charge in [-0.25, -0.2) is 0 Å². The minimum atomic E-state index is 0.165. The number of para-hydroxylation sites is 1. The van der Waals surface area contributed by atoms with Crippen molar-refractivity contribution in [1.29, 1.82) is 5.26 Å². The second-order valence-electron chi connectivity index (χ2n) is 5.20. The Kier molecular flexibility index (Phi) is 2.84. The molecule has 1 aromatic heterocycles. The number of nitriles is 1. The first-order valence-electron chi connectivity index (χ1n) is 6.49. The highest BCUT2D eigenvalue weighted by Crippen LogP contribution is 2.32. The minimum absolute atomic E-state index is 0.165. The lowest BCUT2D eigenvalue weighted by Crippen LogP contribution is -2.28. The number of pyridine rings is 1. The van der Waals surface area contributed by atoms with E-state index in [4.69, 9.17) is 5.73 Å². The van der Waals surface area contributed by atoms with E-state index in [9.17, 15) is 5.26 Å². The van der Waals surface area contributed by atoms with E-state index in [0.29, 0.717) is 11.5 Å². The van der Waals surface area contributed by atoms with Gasteiger partial charge in [0.15, 0.2) is 0 Å². The Morgan fingerprint density at radius 1 is 1.37 bits per heavy atom. The first kappa shape index (κ1) is 11.9. The van der Waals surface area contributed by atoms with E-state index >= 15 is 0 Å². The lowest BCUT2D eigenvalue weighted by Gasteiger charge is -2.21. The van der Waals surface area contributed by atoms with Gasteiger partial charge in [-0.15, -0.1) is 0 Å². The van der Waals surface area contributed by atoms with Crippen LogP contribution in [0.5, 0.6) is 0 Å². The molecule has 1 aromatic carbocycles. The summed E-state index contributed by atoms with van der Waals surface area (Å²) in [4.78, 5) is 6.56. The number of rotatable bonds is 1. The summed E-state index contributed by atoms with van der Waals surface area (Å²) >= 11 is 0. The van der Waals surface area contributed by atoms with E-state index in [1.54, 1.807) is 6.20 Å². The van der Waals surface area contributed by atoms with Crippen LogP contribution < -0.4 is 10.6 Å². The Morgan fingerprint density at radius 3 is 2.84 bits per heavy atom. The maximum absolute atomic E-state index is 9.32. The van der Waals surface area contributed by atoms with Crippen molar-refractivity contribution in [2.45, 2.75) is 13.0 Å². The minimum Gasteiger partial charge on any atom is -0.368 e. The zero-order chi connectivity index (χ0) is 13.4. The van der Waals surface area contributed by atoms with E-state index in [2.05, 4.69) is 22.9 Å². The van der Waals surface area contributed by atoms with Crippen molar-refractivity contribution in [2.75, 3.05) is 18.0 Å². The predicted molar refractivity (Wildman–Crippen MR) is 75.8 cm³/mol. The molecule has 0 spiro atoms. The lowest BCUT2D eigenvalue weighted by molar-refractivity contribution is 0.566. The highest BCUT2D eigenvalue weighted by molar-refractivity contribution is 5.94. The van der Waals surface area contributed by atoms with Crippen LogP contribution in [-0.4, -0.2) is 24.1 Å². The zero-order valence-electron chi connectivity index (χ0n) is 10.9. The maximum Gasteiger partial charge on any atom is 0.103 e. The van der Waals surface area contributed by atoms with Crippen molar-refractivity contribution in [3.63, 3.8) is 0 Å². The molecule has 0 aliphatic carbocycles. The molecule has 1 fully saturated rings. The second-order valence-corrected chi connectivity index (χ2v) is 5.20. The van der Waals surface area contributed by atoms with Crippen LogP contribution in [0.15, 0.2) is 30.5 Å². The summed E-state index contributed by atoms with van der Waals surface area (Å²) in [5, 5.41) is 10.4. The monoisotopic (exact) mass is 252 g/mol. The van der Waals surface area contributed by atoms with E-state index in [0.717, 1.165) is 29.7 Å². The van der Waals surface area contributed by atoms with Crippen molar-refractivity contribution in [3.8, 4) is 6.07 Å². The summed E-state index contributed by atoms with van der Waals surface area (Å²) in [6.07, 6.45) is 1.66. The Balaban J connectivity index is 2.18. The van der Waals surface area contributed by atoms with Crippen LogP contribution in [0.1, 0.15) is 12.5 Å². The average Bonchev–Trinajstić information content (AvgIpc) is 2.77. The first-order valence-corrected chi connectivity index (χ1v) is 6.49. The maximum atomic E-state index is 9.32. The van der Waals surface area contributed by atoms with Crippen LogP contribution in [0, 0.1) is 17.2 Å². The van der Waals surface area contributed by atoms with E-state index in [1.807, 2.05) is 24.3 Å². The van der Waals surface area contributed by atoms with Crippen LogP contribution in [-0.2, 0) is 0 Å². The number of aromatic nitrogens is 1. The SMILES string of the molecule is CC1CN(c2c(C#N)cnc3ccccc23)CC1N. The Morgan fingerprint density at radius 2 is 2.16 bits per heavy atom. The summed E-state index contributed by atoms with van der Waals surface area (Å²) < 4.78 is 0. The molecular weight excluding hydrogens is 236 g/mol. The molecule has 4 heteroatoms. The molecule has 2 heterocycles. The second kappa shape index (κ2) is 4.52. The first-order chi connectivity index (χ1) is 9.20. The van der Waals surface area contributed by atoms with Crippen LogP contribution in [0.2, 0.25) is 0 Å². The smallest absolute Gasteiger partial charge is 0.103 e. The van der Waals surface area contributed by atoms with Gasteiger partial charge in [0, 0.05) is 30.7 Å². The molecule has 2 N–H and O–H groups in total. The fourth-order valence-electron chi connectivity index (χ4n) is 2.72. The number of nitrogens with two attached hydrogens (primary N) is 1. The largest absolute Gasteiger partial charge is 0.368 e. The van der Waals surface area contributed by atoms with Crippen molar-refractivity contribution < 1.29 is 0 Å². The molecule has 1 aliphatic heterocycles. The highest BCUT2D eigenvalue weighted by Gasteiger charge is 2.29. The molecule has 0 bridgehead atoms. The average molecular weight is 252 g/mol. The van der Waals surface area contributed by atoms with Gasteiger partial charge in [0.1, 0.15) is 6.07 Å². The third-order valence-electron chi connectivity index (χ3n) is 3.85. The van der Waals surface area contributed by atoms with Crippen molar-refractivity contribution >= 4 is 16.6 Å². The predicted octanol–water partition coefficient (Wildman–Crippen LogP) is 1.89. The zero-order valence-corrected chi connectivity index (χ0v) is 10.9. The number of fused-ring (bicyclic) bond motifs is 1. The van der Waals surface area contributed by atoms with E-state index in [1.165, 1.54) is 0 Å². The molecule has 0 saturated carbocycles. The van der Waals surface area contributed by atoms with Gasteiger partial charge in [-0.3, -0.25) is 4.98 Å². The van der Waals surface area contributed by atoms with Gasteiger partial charge in [-0.2, -0.15) is 5.26 Å². The van der Waals surface area contributed by atoms with Crippen LogP contribution in [0.25, 0.3) is 10.9 Å². The van der Waals surface area contributed by atoms with Crippen molar-refractivity contribution in [2.24, 2.45) is 11.7 Å². The van der Waals surface area contributed by atoms with Gasteiger partial charge in [0.05, 0.1) is 16.8 Å². The Labute approximate surface area is 112 Å². The number of anilines is 1. The third-order valence-corrected chi connectivity index (χ3v) is 3.85. The normalized spacial score (nSPS) is 22.7. The van der Waals surface area contributed by atoms with Gasteiger partial charge in [-0.05, 0) is 12.0 Å². The molecule has 2 atom stereocenters. The number of benzene rings is 1. The highest BCUT2D eigenvalue weighted by atomic mass is 15.2. The van der Waals surface area contributed by atoms with E-state index < -0.39 is 0 Å². The van der Waals surface area contributed by atoms with Crippen molar-refractivity contribution in [3.05, 3.63) is 36.0 Å². The molecule has 2 aromatic rings. The molecule has 19 heavy (non-hydrogen) atoms. The van der Waals surface area contributed by atoms with Crippen LogP contribution >= 0.6 is 0 Å². The number of nitrogens with zero attached hydrogens (tertiary/aromatic N) is 3. The summed E-state index contributed by atoms with van der Waals surface area (Å²) in [6, 6.07) is 10.3. The fourth-order valence-corrected chi connectivity index (χ4v) is 2.72. The quantitative estimate of drug-likeness (QED) is 0.841. The topological polar surface area (TPSA) is 65.9 Å². The van der Waals surface area contributed by atoms with Gasteiger partial charge >= 0.3 is 0 Å². The third kappa shape index (κ3) is 1.92. The van der Waals surface area contributed by atoms with Gasteiger partial charge in [-0.1, -0.05) is 25.1 Å². The summed E-state index contributed by atoms with van der Waals surface area (Å²) in [7, 11) is 0. The molecule has 0 amide bonds. The van der Waals surface area contributed by atoms with Crippen LogP contribution in [0.3, 0.4) is 0 Å². The molecule has 96 valence electrons. The molecule has 3 rings (SSSR count). The lowest BCUT2D eigenvalue weighted by atomic mass is 10.1. The van der Waals surface area contributed by atoms with E-state index in [-0.39, 0.29) is 6.04 Å².